The number of aryl methyl sites for hydroxylation is 1. The second kappa shape index (κ2) is 8.55. The number of nitrogens with one attached hydrogen (secondary N) is 2. The van der Waals surface area contributed by atoms with Crippen LogP contribution in [0.4, 0.5) is 0 Å². The maximum atomic E-state index is 5.46. The minimum Gasteiger partial charge on any atom is -0.315 e. The highest BCUT2D eigenvalue weighted by molar-refractivity contribution is 7.71. The second-order valence-electron chi connectivity index (χ2n) is 7.25. The molecule has 0 radical (unpaired) electrons. The van der Waals surface area contributed by atoms with Crippen molar-refractivity contribution >= 4 is 12.2 Å². The molecule has 4 aromatic rings. The molecule has 0 fully saturated rings. The summed E-state index contributed by atoms with van der Waals surface area (Å²) in [6, 6.07) is 18.6. The number of para-hydroxylation sites is 1. The number of hydrogen-bond donors (Lipinski definition) is 2. The Morgan fingerprint density at radius 1 is 1.03 bits per heavy atom. The molecule has 2 aromatic heterocycles. The number of rotatable bonds is 7. The summed E-state index contributed by atoms with van der Waals surface area (Å²) in [5, 5.41) is 7.82. The lowest BCUT2D eigenvalue weighted by molar-refractivity contribution is -0.917. The SMILES string of the molecule is CCc1ccc(-c2nc(=S)n(C[NH+](C)Cc3cnn(-c4ccccc4)c3)[nH]2)cc1. The topological polar surface area (TPSA) is 55.9 Å². The summed E-state index contributed by atoms with van der Waals surface area (Å²) < 4.78 is 4.40. The van der Waals surface area contributed by atoms with Crippen LogP contribution in [0.25, 0.3) is 17.1 Å². The van der Waals surface area contributed by atoms with Crippen molar-refractivity contribution in [3.63, 3.8) is 0 Å². The zero-order valence-corrected chi connectivity index (χ0v) is 17.5. The van der Waals surface area contributed by atoms with Gasteiger partial charge in [0, 0.05) is 17.3 Å². The molecule has 0 amide bonds. The van der Waals surface area contributed by atoms with Gasteiger partial charge in [0.05, 0.1) is 18.9 Å². The smallest absolute Gasteiger partial charge is 0.221 e. The fraction of sp³-hybridized carbons (Fsp3) is 0.227. The maximum absolute atomic E-state index is 5.46. The Morgan fingerprint density at radius 3 is 2.52 bits per heavy atom. The van der Waals surface area contributed by atoms with Gasteiger partial charge in [-0.25, -0.2) is 9.36 Å². The Kier molecular flexibility index (Phi) is 5.69. The van der Waals surface area contributed by atoms with E-state index in [1.165, 1.54) is 16.0 Å². The Morgan fingerprint density at radius 2 is 1.79 bits per heavy atom. The van der Waals surface area contributed by atoms with Crippen molar-refractivity contribution < 1.29 is 4.90 Å². The predicted molar refractivity (Wildman–Crippen MR) is 116 cm³/mol. The van der Waals surface area contributed by atoms with E-state index >= 15 is 0 Å². The molecule has 0 aliphatic rings. The van der Waals surface area contributed by atoms with Gasteiger partial charge in [-0.1, -0.05) is 49.4 Å². The number of benzene rings is 2. The fourth-order valence-electron chi connectivity index (χ4n) is 3.34. The second-order valence-corrected chi connectivity index (χ2v) is 7.62. The minimum atomic E-state index is 0.568. The quantitative estimate of drug-likeness (QED) is 0.465. The molecule has 1 unspecified atom stereocenters. The molecule has 148 valence electrons. The van der Waals surface area contributed by atoms with E-state index in [2.05, 4.69) is 59.6 Å². The van der Waals surface area contributed by atoms with Gasteiger partial charge in [-0.15, -0.1) is 0 Å². The fourth-order valence-corrected chi connectivity index (χ4v) is 3.54. The van der Waals surface area contributed by atoms with Gasteiger partial charge in [-0.05, 0) is 36.3 Å². The average molecular weight is 406 g/mol. The van der Waals surface area contributed by atoms with E-state index in [4.69, 9.17) is 12.2 Å². The Labute approximate surface area is 175 Å². The maximum Gasteiger partial charge on any atom is 0.221 e. The highest BCUT2D eigenvalue weighted by atomic mass is 32.1. The number of H-pyrrole nitrogens is 1. The standard InChI is InChI=1S/C22H24N6S/c1-3-17-9-11-19(12-10-17)21-24-22(29)28(25-21)16-26(2)14-18-13-23-27(15-18)20-7-5-4-6-8-20/h4-13,15H,3,14,16H2,1-2H3,(H,24,25,29)/p+1. The van der Waals surface area contributed by atoms with Crippen LogP contribution in [0.15, 0.2) is 67.0 Å². The number of quaternary nitrogens is 1. The molecule has 0 bridgehead atoms. The first-order valence-corrected chi connectivity index (χ1v) is 10.2. The van der Waals surface area contributed by atoms with Crippen molar-refractivity contribution in [2.24, 2.45) is 0 Å². The molecule has 0 aliphatic carbocycles. The average Bonchev–Trinajstić information content (AvgIpc) is 3.35. The van der Waals surface area contributed by atoms with E-state index < -0.39 is 0 Å². The van der Waals surface area contributed by atoms with Crippen molar-refractivity contribution in [2.75, 3.05) is 7.05 Å². The van der Waals surface area contributed by atoms with Crippen molar-refractivity contribution in [1.29, 1.82) is 0 Å². The number of hydrogen-bond acceptors (Lipinski definition) is 3. The zero-order chi connectivity index (χ0) is 20.2. The summed E-state index contributed by atoms with van der Waals surface area (Å²) >= 11 is 5.46. The van der Waals surface area contributed by atoms with Crippen LogP contribution >= 0.6 is 12.2 Å². The number of aromatic amines is 1. The van der Waals surface area contributed by atoms with Crippen LogP contribution in [-0.2, 0) is 19.6 Å². The molecule has 29 heavy (non-hydrogen) atoms. The first-order chi connectivity index (χ1) is 14.1. The lowest BCUT2D eigenvalue weighted by atomic mass is 10.1. The van der Waals surface area contributed by atoms with Gasteiger partial charge in [-0.2, -0.15) is 10.1 Å². The third-order valence-electron chi connectivity index (χ3n) is 4.91. The summed E-state index contributed by atoms with van der Waals surface area (Å²) in [5.74, 6) is 0.808. The number of aromatic nitrogens is 5. The van der Waals surface area contributed by atoms with E-state index in [1.54, 1.807) is 0 Å². The van der Waals surface area contributed by atoms with E-state index in [0.29, 0.717) is 11.4 Å². The van der Waals surface area contributed by atoms with Crippen LogP contribution in [-0.4, -0.2) is 31.6 Å². The molecule has 6 nitrogen and oxygen atoms in total. The molecule has 0 aliphatic heterocycles. The third kappa shape index (κ3) is 4.52. The van der Waals surface area contributed by atoms with Gasteiger partial charge in [0.2, 0.25) is 4.77 Å². The number of nitrogens with zero attached hydrogens (tertiary/aromatic N) is 4. The summed E-state index contributed by atoms with van der Waals surface area (Å²) in [6.45, 7) is 3.70. The summed E-state index contributed by atoms with van der Waals surface area (Å²) in [4.78, 5) is 5.82. The Hall–Kier alpha value is -3.03. The van der Waals surface area contributed by atoms with Gasteiger partial charge < -0.3 is 4.90 Å². The predicted octanol–water partition coefficient (Wildman–Crippen LogP) is 3.03. The van der Waals surface area contributed by atoms with Crippen molar-refractivity contribution in [3.8, 4) is 17.1 Å². The van der Waals surface area contributed by atoms with E-state index in [-0.39, 0.29) is 0 Å². The normalized spacial score (nSPS) is 12.2. The third-order valence-corrected chi connectivity index (χ3v) is 5.22. The molecular formula is C22H25N6S+. The Bertz CT molecular complexity index is 1120. The van der Waals surface area contributed by atoms with E-state index in [1.807, 2.05) is 45.9 Å². The van der Waals surface area contributed by atoms with Crippen LogP contribution < -0.4 is 4.90 Å². The minimum absolute atomic E-state index is 0.568. The van der Waals surface area contributed by atoms with Crippen LogP contribution in [0, 0.1) is 4.77 Å². The molecular weight excluding hydrogens is 380 g/mol. The van der Waals surface area contributed by atoms with Crippen LogP contribution in [0.3, 0.4) is 0 Å². The molecule has 2 aromatic carbocycles. The molecule has 2 N–H and O–H groups in total. The molecule has 0 spiro atoms. The molecule has 1 atom stereocenters. The highest BCUT2D eigenvalue weighted by Crippen LogP contribution is 2.15. The highest BCUT2D eigenvalue weighted by Gasteiger charge is 2.11. The summed E-state index contributed by atoms with van der Waals surface area (Å²) in [5.41, 5.74) is 4.60. The summed E-state index contributed by atoms with van der Waals surface area (Å²) in [7, 11) is 2.14. The monoisotopic (exact) mass is 405 g/mol. The van der Waals surface area contributed by atoms with Crippen LogP contribution in [0.1, 0.15) is 18.1 Å². The molecule has 2 heterocycles. The van der Waals surface area contributed by atoms with Gasteiger partial charge in [-0.3, -0.25) is 5.10 Å². The molecule has 7 heteroatoms. The summed E-state index contributed by atoms with van der Waals surface area (Å²) in [6.07, 6.45) is 5.02. The van der Waals surface area contributed by atoms with Crippen molar-refractivity contribution in [1.82, 2.24) is 24.5 Å². The van der Waals surface area contributed by atoms with Crippen molar-refractivity contribution in [2.45, 2.75) is 26.6 Å². The molecule has 0 saturated heterocycles. The Balaban J connectivity index is 1.43. The first-order valence-electron chi connectivity index (χ1n) is 9.79. The van der Waals surface area contributed by atoms with Crippen LogP contribution in [0.5, 0.6) is 0 Å². The largest absolute Gasteiger partial charge is 0.315 e. The van der Waals surface area contributed by atoms with E-state index in [9.17, 15) is 0 Å². The van der Waals surface area contributed by atoms with Gasteiger partial charge >= 0.3 is 0 Å². The van der Waals surface area contributed by atoms with Crippen LogP contribution in [0.2, 0.25) is 0 Å². The lowest BCUT2D eigenvalue weighted by Gasteiger charge is -2.13. The van der Waals surface area contributed by atoms with Gasteiger partial charge in [0.15, 0.2) is 12.5 Å². The van der Waals surface area contributed by atoms with E-state index in [0.717, 1.165) is 30.0 Å². The molecule has 4 rings (SSSR count). The zero-order valence-electron chi connectivity index (χ0n) is 16.7. The van der Waals surface area contributed by atoms with Gasteiger partial charge in [0.1, 0.15) is 6.54 Å². The first kappa shape index (κ1) is 19.3. The lowest BCUT2D eigenvalue weighted by Crippen LogP contribution is -3.07. The molecule has 0 saturated carbocycles. The van der Waals surface area contributed by atoms with Crippen molar-refractivity contribution in [3.05, 3.63) is 82.9 Å². The van der Waals surface area contributed by atoms with Gasteiger partial charge in [0.25, 0.3) is 0 Å².